The van der Waals surface area contributed by atoms with Gasteiger partial charge < -0.3 is 0 Å². The number of Topliss-reactive ketones (excluding diaryl/α,β-unsaturated/α-hetero) is 2. The quantitative estimate of drug-likeness (QED) is 0.601. The standard InChI is InChI=1S/C10H10O2.CH4S/c1-7(11)9-5-3-4-6-10(9)8(2)12;1-2/h3-6H,1-2H3;2H,1H3. The van der Waals surface area contributed by atoms with E-state index < -0.39 is 0 Å². The molecule has 0 saturated carbocycles. The second kappa shape index (κ2) is 6.38. The van der Waals surface area contributed by atoms with Crippen LogP contribution in [0.3, 0.4) is 0 Å². The fraction of sp³-hybridized carbons (Fsp3) is 0.273. The van der Waals surface area contributed by atoms with Crippen LogP contribution in [0.1, 0.15) is 34.6 Å². The molecule has 14 heavy (non-hydrogen) atoms. The Labute approximate surface area is 89.7 Å². The maximum Gasteiger partial charge on any atom is 0.160 e. The van der Waals surface area contributed by atoms with Crippen molar-refractivity contribution in [1.29, 1.82) is 0 Å². The molecule has 0 amide bonds. The van der Waals surface area contributed by atoms with Gasteiger partial charge in [0.2, 0.25) is 0 Å². The molecular formula is C11H14O2S. The molecule has 76 valence electrons. The molecule has 0 spiro atoms. The molecule has 1 aromatic rings. The Morgan fingerprint density at radius 2 is 1.21 bits per heavy atom. The first-order valence-electron chi connectivity index (χ1n) is 4.18. The van der Waals surface area contributed by atoms with Crippen molar-refractivity contribution in [3.63, 3.8) is 0 Å². The number of benzene rings is 1. The van der Waals surface area contributed by atoms with Crippen LogP contribution in [0.2, 0.25) is 0 Å². The van der Waals surface area contributed by atoms with Crippen molar-refractivity contribution in [2.75, 3.05) is 6.26 Å². The zero-order valence-electron chi connectivity index (χ0n) is 8.57. The first-order chi connectivity index (χ1) is 6.63. The molecule has 0 aliphatic carbocycles. The molecule has 2 nitrogen and oxygen atoms in total. The van der Waals surface area contributed by atoms with Crippen LogP contribution in [0.5, 0.6) is 0 Å². The lowest BCUT2D eigenvalue weighted by molar-refractivity contribution is 0.0981. The van der Waals surface area contributed by atoms with Crippen molar-refractivity contribution >= 4 is 24.2 Å². The summed E-state index contributed by atoms with van der Waals surface area (Å²) in [7, 11) is 0. The van der Waals surface area contributed by atoms with E-state index in [-0.39, 0.29) is 11.6 Å². The van der Waals surface area contributed by atoms with E-state index >= 15 is 0 Å². The molecule has 0 atom stereocenters. The van der Waals surface area contributed by atoms with Gasteiger partial charge in [-0.15, -0.1) is 0 Å². The van der Waals surface area contributed by atoms with Crippen molar-refractivity contribution in [1.82, 2.24) is 0 Å². The number of carbonyl (C=O) groups excluding carboxylic acids is 2. The van der Waals surface area contributed by atoms with Crippen molar-refractivity contribution in [3.05, 3.63) is 35.4 Å². The molecule has 0 unspecified atom stereocenters. The van der Waals surface area contributed by atoms with Gasteiger partial charge in [-0.1, -0.05) is 24.3 Å². The number of rotatable bonds is 2. The smallest absolute Gasteiger partial charge is 0.160 e. The first kappa shape index (κ1) is 12.9. The SMILES string of the molecule is CC(=O)c1ccccc1C(C)=O.CS. The molecular weight excluding hydrogens is 196 g/mol. The fourth-order valence-electron chi connectivity index (χ4n) is 1.10. The largest absolute Gasteiger partial charge is 0.294 e. The third kappa shape index (κ3) is 3.34. The Morgan fingerprint density at radius 1 is 0.929 bits per heavy atom. The second-order valence-corrected chi connectivity index (χ2v) is 2.66. The van der Waals surface area contributed by atoms with Gasteiger partial charge in [0, 0.05) is 11.1 Å². The Morgan fingerprint density at radius 3 is 1.43 bits per heavy atom. The molecule has 0 N–H and O–H groups in total. The summed E-state index contributed by atoms with van der Waals surface area (Å²) in [6.45, 7) is 2.92. The first-order valence-corrected chi connectivity index (χ1v) is 5.08. The lowest BCUT2D eigenvalue weighted by Crippen LogP contribution is -2.02. The highest BCUT2D eigenvalue weighted by molar-refractivity contribution is 7.79. The molecule has 1 aromatic carbocycles. The maximum atomic E-state index is 11.0. The predicted molar refractivity (Wildman–Crippen MR) is 61.4 cm³/mol. The Balaban J connectivity index is 0.000000791. The molecule has 0 saturated heterocycles. The van der Waals surface area contributed by atoms with Crippen molar-refractivity contribution in [3.8, 4) is 0 Å². The van der Waals surface area contributed by atoms with Gasteiger partial charge in [0.05, 0.1) is 0 Å². The third-order valence-electron chi connectivity index (χ3n) is 1.69. The normalized spacial score (nSPS) is 8.57. The number of thiol groups is 1. The average Bonchev–Trinajstić information content (AvgIpc) is 2.20. The van der Waals surface area contributed by atoms with E-state index in [1.165, 1.54) is 13.8 Å². The third-order valence-corrected chi connectivity index (χ3v) is 1.69. The number of hydrogen-bond donors (Lipinski definition) is 1. The van der Waals surface area contributed by atoms with E-state index in [2.05, 4.69) is 12.6 Å². The maximum absolute atomic E-state index is 11.0. The van der Waals surface area contributed by atoms with Crippen LogP contribution in [0.15, 0.2) is 24.3 Å². The summed E-state index contributed by atoms with van der Waals surface area (Å²) < 4.78 is 0. The van der Waals surface area contributed by atoms with Gasteiger partial charge in [-0.3, -0.25) is 9.59 Å². The summed E-state index contributed by atoms with van der Waals surface area (Å²) in [5.74, 6) is -0.137. The number of ketones is 2. The van der Waals surface area contributed by atoms with Crippen LogP contribution < -0.4 is 0 Å². The van der Waals surface area contributed by atoms with Crippen molar-refractivity contribution in [2.24, 2.45) is 0 Å². The molecule has 0 aliphatic rings. The highest BCUT2D eigenvalue weighted by Crippen LogP contribution is 2.09. The van der Waals surface area contributed by atoms with Gasteiger partial charge in [0.25, 0.3) is 0 Å². The molecule has 0 heterocycles. The average molecular weight is 210 g/mol. The van der Waals surface area contributed by atoms with E-state index in [0.717, 1.165) is 0 Å². The van der Waals surface area contributed by atoms with Gasteiger partial charge in [0.15, 0.2) is 11.6 Å². The monoisotopic (exact) mass is 210 g/mol. The molecule has 0 aliphatic heterocycles. The van der Waals surface area contributed by atoms with Crippen molar-refractivity contribution < 1.29 is 9.59 Å². The molecule has 1 rings (SSSR count). The van der Waals surface area contributed by atoms with Gasteiger partial charge in [-0.05, 0) is 20.1 Å². The summed E-state index contributed by atoms with van der Waals surface area (Å²) in [5, 5.41) is 0. The summed E-state index contributed by atoms with van der Waals surface area (Å²) in [4.78, 5) is 22.0. The summed E-state index contributed by atoms with van der Waals surface area (Å²) >= 11 is 3.53. The number of carbonyl (C=O) groups is 2. The molecule has 0 aromatic heterocycles. The van der Waals surface area contributed by atoms with Crippen LogP contribution in [0.4, 0.5) is 0 Å². The summed E-state index contributed by atoms with van der Waals surface area (Å²) in [5.41, 5.74) is 1.01. The second-order valence-electron chi connectivity index (χ2n) is 2.66. The Bertz CT molecular complexity index is 299. The highest BCUT2D eigenvalue weighted by Gasteiger charge is 2.08. The number of hydrogen-bond acceptors (Lipinski definition) is 3. The minimum absolute atomic E-state index is 0.0687. The van der Waals surface area contributed by atoms with E-state index in [0.29, 0.717) is 11.1 Å². The predicted octanol–water partition coefficient (Wildman–Crippen LogP) is 2.64. The van der Waals surface area contributed by atoms with Gasteiger partial charge in [-0.25, -0.2) is 0 Å². The van der Waals surface area contributed by atoms with Gasteiger partial charge in [-0.2, -0.15) is 12.6 Å². The van der Waals surface area contributed by atoms with E-state index in [9.17, 15) is 9.59 Å². The minimum atomic E-state index is -0.0687. The van der Waals surface area contributed by atoms with Crippen LogP contribution in [0.25, 0.3) is 0 Å². The van der Waals surface area contributed by atoms with E-state index in [1.54, 1.807) is 30.5 Å². The molecule has 0 bridgehead atoms. The van der Waals surface area contributed by atoms with Crippen LogP contribution in [0, 0.1) is 0 Å². The van der Waals surface area contributed by atoms with E-state index in [1.807, 2.05) is 0 Å². The topological polar surface area (TPSA) is 34.1 Å². The van der Waals surface area contributed by atoms with Crippen LogP contribution >= 0.6 is 12.6 Å². The zero-order valence-corrected chi connectivity index (χ0v) is 9.47. The van der Waals surface area contributed by atoms with Gasteiger partial charge >= 0.3 is 0 Å². The van der Waals surface area contributed by atoms with Crippen LogP contribution in [-0.2, 0) is 0 Å². The highest BCUT2D eigenvalue weighted by atomic mass is 32.1. The minimum Gasteiger partial charge on any atom is -0.294 e. The fourth-order valence-corrected chi connectivity index (χ4v) is 1.10. The molecule has 3 heteroatoms. The van der Waals surface area contributed by atoms with E-state index in [4.69, 9.17) is 0 Å². The zero-order chi connectivity index (χ0) is 11.1. The molecule has 0 radical (unpaired) electrons. The van der Waals surface area contributed by atoms with Crippen LogP contribution in [-0.4, -0.2) is 17.8 Å². The Kier molecular flexibility index (Phi) is 5.88. The van der Waals surface area contributed by atoms with Crippen molar-refractivity contribution in [2.45, 2.75) is 13.8 Å². The summed E-state index contributed by atoms with van der Waals surface area (Å²) in [6, 6.07) is 6.84. The van der Waals surface area contributed by atoms with Gasteiger partial charge in [0.1, 0.15) is 0 Å². The lowest BCUT2D eigenvalue weighted by atomic mass is 10.0. The molecule has 0 fully saturated rings. The lowest BCUT2D eigenvalue weighted by Gasteiger charge is -2.00. The summed E-state index contributed by atoms with van der Waals surface area (Å²) in [6.07, 6.45) is 1.69. The Hall–Kier alpha value is -1.09.